The van der Waals surface area contributed by atoms with E-state index in [0.717, 1.165) is 10.0 Å². The second kappa shape index (κ2) is 9.99. The molecule has 0 unspecified atom stereocenters. The van der Waals surface area contributed by atoms with Gasteiger partial charge in [-0.25, -0.2) is 9.79 Å². The summed E-state index contributed by atoms with van der Waals surface area (Å²) < 4.78 is 19.3. The maximum atomic E-state index is 13.7. The zero-order valence-corrected chi connectivity index (χ0v) is 21.5. The molecule has 1 atom stereocenters. The first kappa shape index (κ1) is 24.0. The summed E-state index contributed by atoms with van der Waals surface area (Å²) in [6.07, 6.45) is 1.82. The third kappa shape index (κ3) is 4.45. The maximum absolute atomic E-state index is 13.7. The van der Waals surface area contributed by atoms with Gasteiger partial charge in [0, 0.05) is 16.1 Å². The van der Waals surface area contributed by atoms with Crippen LogP contribution >= 0.6 is 27.3 Å². The number of carbonyl (C=O) groups is 1. The second-order valence-corrected chi connectivity index (χ2v) is 9.39. The summed E-state index contributed by atoms with van der Waals surface area (Å²) in [5.74, 6) is 0.568. The van der Waals surface area contributed by atoms with E-state index in [0.29, 0.717) is 37.7 Å². The van der Waals surface area contributed by atoms with E-state index >= 15 is 0 Å². The van der Waals surface area contributed by atoms with Crippen LogP contribution < -0.4 is 24.4 Å². The van der Waals surface area contributed by atoms with Gasteiger partial charge in [0.15, 0.2) is 4.80 Å². The zero-order chi connectivity index (χ0) is 24.4. The van der Waals surface area contributed by atoms with Crippen LogP contribution in [0.25, 0.3) is 6.08 Å². The van der Waals surface area contributed by atoms with Crippen molar-refractivity contribution in [2.24, 2.45) is 4.99 Å². The molecule has 0 radical (unpaired) electrons. The highest BCUT2D eigenvalue weighted by Crippen LogP contribution is 2.37. The molecule has 2 heterocycles. The average molecular weight is 543 g/mol. The number of aromatic nitrogens is 1. The fraction of sp³-hybridized carbons (Fsp3) is 0.240. The third-order valence-electron chi connectivity index (χ3n) is 5.42. The predicted octanol–water partition coefficient (Wildman–Crippen LogP) is 3.58. The monoisotopic (exact) mass is 542 g/mol. The van der Waals surface area contributed by atoms with Crippen LogP contribution in [-0.2, 0) is 9.53 Å². The predicted molar refractivity (Wildman–Crippen MR) is 134 cm³/mol. The summed E-state index contributed by atoms with van der Waals surface area (Å²) in [4.78, 5) is 31.8. The third-order valence-corrected chi connectivity index (χ3v) is 6.93. The lowest BCUT2D eigenvalue weighted by molar-refractivity contribution is -0.139. The topological polar surface area (TPSA) is 79.1 Å². The number of esters is 1. The molecule has 3 aromatic rings. The molecule has 1 aromatic heterocycles. The fourth-order valence-electron chi connectivity index (χ4n) is 3.84. The highest BCUT2D eigenvalue weighted by molar-refractivity contribution is 9.10. The summed E-state index contributed by atoms with van der Waals surface area (Å²) >= 11 is 4.70. The van der Waals surface area contributed by atoms with Crippen molar-refractivity contribution in [3.8, 4) is 11.5 Å². The molecule has 0 fully saturated rings. The van der Waals surface area contributed by atoms with Gasteiger partial charge in [0.1, 0.15) is 17.5 Å². The molecular formula is C25H23BrN2O5S. The number of thiazole rings is 1. The summed E-state index contributed by atoms with van der Waals surface area (Å²) in [7, 11) is 3.10. The molecule has 1 aliphatic heterocycles. The lowest BCUT2D eigenvalue weighted by Gasteiger charge is -2.26. The zero-order valence-electron chi connectivity index (χ0n) is 19.1. The van der Waals surface area contributed by atoms with Crippen molar-refractivity contribution in [3.05, 3.63) is 89.0 Å². The standard InChI is InChI=1S/C25H23BrN2O5S/c1-5-33-24(30)21-14(2)27-25-28(22(21)18-11-10-17(31-3)13-19(18)32-4)23(29)20(34-25)12-15-6-8-16(26)9-7-15/h6-13,22H,5H2,1-4H3/b20-12-/t22-/m1/s1. The van der Waals surface area contributed by atoms with Crippen molar-refractivity contribution >= 4 is 39.3 Å². The molecule has 0 aliphatic carbocycles. The van der Waals surface area contributed by atoms with E-state index in [1.165, 1.54) is 18.4 Å². The van der Waals surface area contributed by atoms with E-state index in [1.807, 2.05) is 30.3 Å². The van der Waals surface area contributed by atoms with E-state index < -0.39 is 12.0 Å². The van der Waals surface area contributed by atoms with Crippen LogP contribution in [0.4, 0.5) is 0 Å². The Bertz CT molecular complexity index is 1450. The average Bonchev–Trinajstić information content (AvgIpc) is 3.13. The number of nitrogens with zero attached hydrogens (tertiary/aromatic N) is 2. The molecule has 0 saturated heterocycles. The van der Waals surface area contributed by atoms with Gasteiger partial charge in [-0.1, -0.05) is 39.4 Å². The SMILES string of the molecule is CCOC(=O)C1=C(C)N=c2s/c(=C\c3ccc(Br)cc3)c(=O)n2[C@@H]1c1ccc(OC)cc1OC. The Balaban J connectivity index is 1.99. The van der Waals surface area contributed by atoms with Crippen molar-refractivity contribution in [2.45, 2.75) is 19.9 Å². The van der Waals surface area contributed by atoms with E-state index in [4.69, 9.17) is 14.2 Å². The van der Waals surface area contributed by atoms with Crippen molar-refractivity contribution in [1.29, 1.82) is 0 Å². The van der Waals surface area contributed by atoms with E-state index in [2.05, 4.69) is 20.9 Å². The number of carbonyl (C=O) groups excluding carboxylic acids is 1. The molecule has 34 heavy (non-hydrogen) atoms. The first-order valence-corrected chi connectivity index (χ1v) is 12.2. The minimum absolute atomic E-state index is 0.204. The molecule has 4 rings (SSSR count). The van der Waals surface area contributed by atoms with Crippen LogP contribution in [-0.4, -0.2) is 31.4 Å². The number of allylic oxidation sites excluding steroid dienone is 1. The molecular weight excluding hydrogens is 520 g/mol. The van der Waals surface area contributed by atoms with Crippen molar-refractivity contribution < 1.29 is 19.0 Å². The molecule has 7 nitrogen and oxygen atoms in total. The minimum Gasteiger partial charge on any atom is -0.497 e. The smallest absolute Gasteiger partial charge is 0.338 e. The first-order valence-electron chi connectivity index (χ1n) is 10.5. The Morgan fingerprint density at radius 3 is 2.56 bits per heavy atom. The largest absolute Gasteiger partial charge is 0.497 e. The van der Waals surface area contributed by atoms with Gasteiger partial charge in [0.25, 0.3) is 5.56 Å². The lowest BCUT2D eigenvalue weighted by atomic mass is 9.95. The summed E-state index contributed by atoms with van der Waals surface area (Å²) in [5.41, 5.74) is 2.07. The summed E-state index contributed by atoms with van der Waals surface area (Å²) in [6, 6.07) is 12.2. The maximum Gasteiger partial charge on any atom is 0.338 e. The Labute approximate surface area is 208 Å². The van der Waals surface area contributed by atoms with Crippen LogP contribution in [0.1, 0.15) is 31.0 Å². The lowest BCUT2D eigenvalue weighted by Crippen LogP contribution is -2.40. The van der Waals surface area contributed by atoms with Gasteiger partial charge in [-0.2, -0.15) is 0 Å². The number of methoxy groups -OCH3 is 2. The summed E-state index contributed by atoms with van der Waals surface area (Å²) in [6.45, 7) is 3.70. The number of fused-ring (bicyclic) bond motifs is 1. The molecule has 176 valence electrons. The molecule has 0 spiro atoms. The Hall–Kier alpha value is -3.17. The summed E-state index contributed by atoms with van der Waals surface area (Å²) in [5, 5.41) is 0. The Morgan fingerprint density at radius 1 is 1.18 bits per heavy atom. The van der Waals surface area contributed by atoms with Crippen LogP contribution in [0.5, 0.6) is 11.5 Å². The fourth-order valence-corrected chi connectivity index (χ4v) is 5.15. The number of hydrogen-bond acceptors (Lipinski definition) is 7. The van der Waals surface area contributed by atoms with Gasteiger partial charge in [-0.15, -0.1) is 0 Å². The van der Waals surface area contributed by atoms with E-state index in [-0.39, 0.29) is 12.2 Å². The molecule has 0 N–H and O–H groups in total. The van der Waals surface area contributed by atoms with Gasteiger partial charge in [-0.3, -0.25) is 9.36 Å². The molecule has 0 saturated carbocycles. The van der Waals surface area contributed by atoms with Gasteiger partial charge in [-0.05, 0) is 49.8 Å². The first-order chi connectivity index (χ1) is 16.4. The number of hydrogen-bond donors (Lipinski definition) is 0. The molecule has 1 aliphatic rings. The Morgan fingerprint density at radius 2 is 1.91 bits per heavy atom. The van der Waals surface area contributed by atoms with Gasteiger partial charge < -0.3 is 14.2 Å². The number of rotatable bonds is 6. The number of benzene rings is 2. The van der Waals surface area contributed by atoms with E-state index in [9.17, 15) is 9.59 Å². The normalized spacial score (nSPS) is 15.6. The van der Waals surface area contributed by atoms with E-state index in [1.54, 1.807) is 43.7 Å². The molecule has 2 aromatic carbocycles. The van der Waals surface area contributed by atoms with Gasteiger partial charge in [0.2, 0.25) is 0 Å². The van der Waals surface area contributed by atoms with Crippen molar-refractivity contribution in [2.75, 3.05) is 20.8 Å². The van der Waals surface area contributed by atoms with Crippen molar-refractivity contribution in [1.82, 2.24) is 4.57 Å². The van der Waals surface area contributed by atoms with Crippen LogP contribution in [0.15, 0.2) is 68.0 Å². The van der Waals surface area contributed by atoms with Crippen LogP contribution in [0.3, 0.4) is 0 Å². The highest BCUT2D eigenvalue weighted by Gasteiger charge is 2.35. The van der Waals surface area contributed by atoms with Crippen LogP contribution in [0, 0.1) is 0 Å². The minimum atomic E-state index is -0.761. The molecule has 9 heteroatoms. The highest BCUT2D eigenvalue weighted by atomic mass is 79.9. The molecule has 0 amide bonds. The van der Waals surface area contributed by atoms with Crippen molar-refractivity contribution in [3.63, 3.8) is 0 Å². The Kier molecular flexibility index (Phi) is 7.04. The number of ether oxygens (including phenoxy) is 3. The number of halogens is 1. The molecule has 0 bridgehead atoms. The van der Waals surface area contributed by atoms with Gasteiger partial charge in [0.05, 0.1) is 36.6 Å². The second-order valence-electron chi connectivity index (χ2n) is 7.46. The van der Waals surface area contributed by atoms with Crippen LogP contribution in [0.2, 0.25) is 0 Å². The quantitative estimate of drug-likeness (QED) is 0.445. The van der Waals surface area contributed by atoms with Gasteiger partial charge >= 0.3 is 5.97 Å².